The molecule has 0 radical (unpaired) electrons. The van der Waals surface area contributed by atoms with Crippen molar-refractivity contribution in [1.29, 1.82) is 0 Å². The van der Waals surface area contributed by atoms with Crippen molar-refractivity contribution in [3.8, 4) is 0 Å². The van der Waals surface area contributed by atoms with Crippen LogP contribution in [0.3, 0.4) is 0 Å². The Morgan fingerprint density at radius 2 is 1.81 bits per heavy atom. The van der Waals surface area contributed by atoms with Crippen LogP contribution >= 0.6 is 0 Å². The maximum absolute atomic E-state index is 12.0. The first-order valence-corrected chi connectivity index (χ1v) is 7.64. The van der Waals surface area contributed by atoms with Gasteiger partial charge in [0.1, 0.15) is 0 Å². The Kier molecular flexibility index (Phi) is 6.68. The number of hydrogen-bond acceptors (Lipinski definition) is 5. The first kappa shape index (κ1) is 17.5. The summed E-state index contributed by atoms with van der Waals surface area (Å²) in [4.78, 5) is 16.3. The zero-order valence-corrected chi connectivity index (χ0v) is 13.6. The largest absolute Gasteiger partial charge is 0.330 e. The number of aryl methyl sites for hydroxylation is 2. The molecule has 1 rings (SSSR count). The molecule has 0 aliphatic heterocycles. The highest BCUT2D eigenvalue weighted by molar-refractivity contribution is 5.88. The highest BCUT2D eigenvalue weighted by atomic mass is 16.1. The van der Waals surface area contributed by atoms with Crippen LogP contribution in [0.5, 0.6) is 0 Å². The molecule has 0 saturated carbocycles. The van der Waals surface area contributed by atoms with Crippen LogP contribution < -0.4 is 11.1 Å². The SMILES string of the molecule is CCc1nnc(NC(=O)CCC(C)(C)CCN)nc1CC. The van der Waals surface area contributed by atoms with E-state index in [0.717, 1.165) is 37.1 Å². The Labute approximate surface area is 126 Å². The Morgan fingerprint density at radius 1 is 1.14 bits per heavy atom. The second-order valence-electron chi connectivity index (χ2n) is 5.99. The quantitative estimate of drug-likeness (QED) is 0.765. The number of nitrogens with zero attached hydrogens (tertiary/aromatic N) is 3. The van der Waals surface area contributed by atoms with Crippen molar-refractivity contribution in [1.82, 2.24) is 15.2 Å². The summed E-state index contributed by atoms with van der Waals surface area (Å²) in [6.07, 6.45) is 3.71. The van der Waals surface area contributed by atoms with Crippen LogP contribution in [0, 0.1) is 5.41 Å². The summed E-state index contributed by atoms with van der Waals surface area (Å²) in [6, 6.07) is 0. The van der Waals surface area contributed by atoms with Crippen LogP contribution in [0.4, 0.5) is 5.95 Å². The Balaban J connectivity index is 2.59. The minimum Gasteiger partial charge on any atom is -0.330 e. The molecule has 1 amide bonds. The molecule has 6 nitrogen and oxygen atoms in total. The summed E-state index contributed by atoms with van der Waals surface area (Å²) in [6.45, 7) is 8.92. The number of hydrogen-bond donors (Lipinski definition) is 2. The predicted octanol–water partition coefficient (Wildman–Crippen LogP) is 2.09. The van der Waals surface area contributed by atoms with E-state index in [9.17, 15) is 4.79 Å². The van der Waals surface area contributed by atoms with Gasteiger partial charge in [-0.3, -0.25) is 10.1 Å². The maximum Gasteiger partial charge on any atom is 0.249 e. The van der Waals surface area contributed by atoms with E-state index in [4.69, 9.17) is 5.73 Å². The van der Waals surface area contributed by atoms with Crippen LogP contribution in [0.15, 0.2) is 0 Å². The summed E-state index contributed by atoms with van der Waals surface area (Å²) < 4.78 is 0. The fourth-order valence-electron chi connectivity index (χ4n) is 2.15. The van der Waals surface area contributed by atoms with Gasteiger partial charge in [-0.2, -0.15) is 0 Å². The van der Waals surface area contributed by atoms with Gasteiger partial charge in [0.15, 0.2) is 0 Å². The van der Waals surface area contributed by atoms with Gasteiger partial charge in [0.05, 0.1) is 11.4 Å². The summed E-state index contributed by atoms with van der Waals surface area (Å²) in [5, 5.41) is 10.8. The molecule has 0 aliphatic rings. The standard InChI is InChI=1S/C15H27N5O/c1-5-11-12(6-2)19-20-14(17-11)18-13(21)7-8-15(3,4)9-10-16/h5-10,16H2,1-4H3,(H,17,18,20,21). The number of anilines is 1. The van der Waals surface area contributed by atoms with Gasteiger partial charge >= 0.3 is 0 Å². The second kappa shape index (κ2) is 8.02. The molecule has 1 aromatic rings. The van der Waals surface area contributed by atoms with E-state index >= 15 is 0 Å². The number of carbonyl (C=O) groups is 1. The molecule has 1 aromatic heterocycles. The van der Waals surface area contributed by atoms with E-state index in [1.807, 2.05) is 13.8 Å². The first-order valence-electron chi connectivity index (χ1n) is 7.64. The zero-order valence-electron chi connectivity index (χ0n) is 13.6. The average Bonchev–Trinajstić information content (AvgIpc) is 2.45. The lowest BCUT2D eigenvalue weighted by atomic mass is 9.84. The number of nitrogens with two attached hydrogens (primary N) is 1. The summed E-state index contributed by atoms with van der Waals surface area (Å²) in [5.41, 5.74) is 7.43. The van der Waals surface area contributed by atoms with Crippen molar-refractivity contribution < 1.29 is 4.79 Å². The molecule has 0 saturated heterocycles. The molecule has 0 fully saturated rings. The summed E-state index contributed by atoms with van der Waals surface area (Å²) in [7, 11) is 0. The van der Waals surface area contributed by atoms with Gasteiger partial charge in [-0.15, -0.1) is 10.2 Å². The van der Waals surface area contributed by atoms with E-state index in [-0.39, 0.29) is 11.3 Å². The Morgan fingerprint density at radius 3 is 2.38 bits per heavy atom. The molecule has 0 atom stereocenters. The molecule has 0 aliphatic carbocycles. The van der Waals surface area contributed by atoms with Crippen LogP contribution in [0.25, 0.3) is 0 Å². The van der Waals surface area contributed by atoms with Crippen LogP contribution in [-0.2, 0) is 17.6 Å². The third kappa shape index (κ3) is 5.75. The van der Waals surface area contributed by atoms with Gasteiger partial charge in [0, 0.05) is 6.42 Å². The number of rotatable bonds is 8. The number of carbonyl (C=O) groups excluding carboxylic acids is 1. The monoisotopic (exact) mass is 293 g/mol. The van der Waals surface area contributed by atoms with Crippen molar-refractivity contribution in [2.24, 2.45) is 11.1 Å². The normalized spacial score (nSPS) is 11.5. The topological polar surface area (TPSA) is 93.8 Å². The first-order chi connectivity index (χ1) is 9.91. The van der Waals surface area contributed by atoms with Crippen molar-refractivity contribution in [3.05, 3.63) is 11.4 Å². The van der Waals surface area contributed by atoms with Gasteiger partial charge in [0.25, 0.3) is 0 Å². The highest BCUT2D eigenvalue weighted by Gasteiger charge is 2.19. The molecule has 0 unspecified atom stereocenters. The number of amides is 1. The molecule has 21 heavy (non-hydrogen) atoms. The maximum atomic E-state index is 12.0. The molecule has 0 aromatic carbocycles. The summed E-state index contributed by atoms with van der Waals surface area (Å²) >= 11 is 0. The molecular formula is C15H27N5O. The molecule has 1 heterocycles. The van der Waals surface area contributed by atoms with E-state index in [1.54, 1.807) is 0 Å². The number of nitrogens with one attached hydrogen (secondary N) is 1. The molecule has 6 heteroatoms. The van der Waals surface area contributed by atoms with Crippen molar-refractivity contribution in [3.63, 3.8) is 0 Å². The Hall–Kier alpha value is -1.56. The van der Waals surface area contributed by atoms with Gasteiger partial charge < -0.3 is 5.73 Å². The average molecular weight is 293 g/mol. The van der Waals surface area contributed by atoms with E-state index in [0.29, 0.717) is 18.9 Å². The third-order valence-corrected chi connectivity index (χ3v) is 3.61. The highest BCUT2D eigenvalue weighted by Crippen LogP contribution is 2.25. The molecule has 0 bridgehead atoms. The third-order valence-electron chi connectivity index (χ3n) is 3.61. The molecule has 3 N–H and O–H groups in total. The zero-order chi connectivity index (χ0) is 15.9. The van der Waals surface area contributed by atoms with Crippen LogP contribution in [0.1, 0.15) is 58.3 Å². The smallest absolute Gasteiger partial charge is 0.249 e. The van der Waals surface area contributed by atoms with Crippen LogP contribution in [0.2, 0.25) is 0 Å². The van der Waals surface area contributed by atoms with Crippen molar-refractivity contribution >= 4 is 11.9 Å². The van der Waals surface area contributed by atoms with E-state index in [2.05, 4.69) is 34.3 Å². The fourth-order valence-corrected chi connectivity index (χ4v) is 2.15. The van der Waals surface area contributed by atoms with E-state index in [1.165, 1.54) is 0 Å². The van der Waals surface area contributed by atoms with Crippen molar-refractivity contribution in [2.75, 3.05) is 11.9 Å². The van der Waals surface area contributed by atoms with Crippen molar-refractivity contribution in [2.45, 2.75) is 59.8 Å². The lowest BCUT2D eigenvalue weighted by Crippen LogP contribution is -2.21. The lowest BCUT2D eigenvalue weighted by Gasteiger charge is -2.23. The van der Waals surface area contributed by atoms with Crippen LogP contribution in [-0.4, -0.2) is 27.6 Å². The molecular weight excluding hydrogens is 266 g/mol. The van der Waals surface area contributed by atoms with Gasteiger partial charge in [-0.05, 0) is 37.6 Å². The fraction of sp³-hybridized carbons (Fsp3) is 0.733. The minimum atomic E-state index is -0.0757. The van der Waals surface area contributed by atoms with Gasteiger partial charge in [-0.25, -0.2) is 4.98 Å². The predicted molar refractivity (Wildman–Crippen MR) is 83.9 cm³/mol. The van der Waals surface area contributed by atoms with Gasteiger partial charge in [-0.1, -0.05) is 27.7 Å². The molecule has 118 valence electrons. The second-order valence-corrected chi connectivity index (χ2v) is 5.99. The van der Waals surface area contributed by atoms with E-state index < -0.39 is 0 Å². The summed E-state index contributed by atoms with van der Waals surface area (Å²) in [5.74, 6) is 0.221. The minimum absolute atomic E-state index is 0.0752. The molecule has 0 spiro atoms. The Bertz CT molecular complexity index is 473. The lowest BCUT2D eigenvalue weighted by molar-refractivity contribution is -0.116. The number of aromatic nitrogens is 3. The van der Waals surface area contributed by atoms with Gasteiger partial charge in [0.2, 0.25) is 11.9 Å².